The molecule has 6 heterocycles. The Bertz CT molecular complexity index is 7370. The molecule has 0 aliphatic heterocycles. The van der Waals surface area contributed by atoms with Gasteiger partial charge in [-0.3, -0.25) is 0 Å². The largest absolute Gasteiger partial charge is 0.456 e. The number of thiophene rings is 1. The average Bonchev–Trinajstić information content (AvgIpc) is 1.54. The Hall–Kier alpha value is -12.7. The van der Waals surface area contributed by atoms with Gasteiger partial charge in [0, 0.05) is 111 Å². The molecule has 12 aromatic carbocycles. The van der Waals surface area contributed by atoms with Gasteiger partial charge in [0.25, 0.3) is 0 Å². The Kier molecular flexibility index (Phi) is 24.4. The number of furan rings is 1. The minimum atomic E-state index is 0.0115. The van der Waals surface area contributed by atoms with Crippen LogP contribution in [0.5, 0.6) is 0 Å². The van der Waals surface area contributed by atoms with Gasteiger partial charge in [-0.05, 0) is 305 Å². The second-order valence-electron chi connectivity index (χ2n) is 40.7. The van der Waals surface area contributed by atoms with E-state index in [0.29, 0.717) is 17.8 Å². The second-order valence-corrected chi connectivity index (χ2v) is 41.8. The summed E-state index contributed by atoms with van der Waals surface area (Å²) >= 11 is 1.91. The van der Waals surface area contributed by atoms with Crippen LogP contribution < -0.4 is 18.3 Å². The van der Waals surface area contributed by atoms with Crippen LogP contribution in [0.25, 0.3) is 154 Å². The Labute approximate surface area is 794 Å². The summed E-state index contributed by atoms with van der Waals surface area (Å²) in [5.41, 5.74) is 50.6. The number of fused-ring (bicyclic) bond motifs is 14. The van der Waals surface area contributed by atoms with Gasteiger partial charge in [0.2, 0.25) is 22.8 Å². The zero-order valence-corrected chi connectivity index (χ0v) is 82.8. The van der Waals surface area contributed by atoms with E-state index in [0.717, 1.165) is 17.1 Å². The van der Waals surface area contributed by atoms with Gasteiger partial charge in [0.1, 0.15) is 39.4 Å². The number of benzene rings is 12. The van der Waals surface area contributed by atoms with E-state index in [1.165, 1.54) is 273 Å². The predicted molar refractivity (Wildman–Crippen MR) is 562 cm³/mol. The molecule has 6 aromatic heterocycles. The van der Waals surface area contributed by atoms with Crippen molar-refractivity contribution in [2.45, 2.75) is 203 Å². The lowest BCUT2D eigenvalue weighted by Gasteiger charge is -2.27. The molecule has 22 rings (SSSR count). The van der Waals surface area contributed by atoms with E-state index in [4.69, 9.17) is 4.42 Å². The van der Waals surface area contributed by atoms with Gasteiger partial charge in [-0.1, -0.05) is 263 Å². The fourth-order valence-corrected chi connectivity index (χ4v) is 23.9. The lowest BCUT2D eigenvalue weighted by Crippen LogP contribution is -2.31. The van der Waals surface area contributed by atoms with Crippen LogP contribution in [0, 0.1) is 55.4 Å². The van der Waals surface area contributed by atoms with E-state index < -0.39 is 0 Å². The normalized spacial score (nSPS) is 14.0. The van der Waals surface area contributed by atoms with Crippen molar-refractivity contribution in [2.24, 2.45) is 28.2 Å². The van der Waals surface area contributed by atoms with Gasteiger partial charge >= 0.3 is 0 Å². The second kappa shape index (κ2) is 36.3. The maximum atomic E-state index is 6.30. The molecule has 0 atom stereocenters. The topological polar surface area (TPSA) is 28.7 Å². The first-order chi connectivity index (χ1) is 64.1. The highest BCUT2D eigenvalue weighted by Crippen LogP contribution is 2.59. The van der Waals surface area contributed by atoms with Crippen LogP contribution in [-0.2, 0) is 39.0 Å². The monoisotopic (exact) mass is 1760 g/mol. The highest BCUT2D eigenvalue weighted by Gasteiger charge is 2.46. The number of hydrogen-bond acceptors (Lipinski definition) is 2. The summed E-state index contributed by atoms with van der Waals surface area (Å²) in [6, 6.07) is 100. The van der Waals surface area contributed by atoms with E-state index in [1.807, 2.05) is 11.3 Å². The summed E-state index contributed by atoms with van der Waals surface area (Å²) in [7, 11) is 8.58. The van der Waals surface area contributed by atoms with Gasteiger partial charge in [-0.25, -0.2) is 18.3 Å². The standard InChI is InChI=1S/C35H38N.C34H36N.C29H28NO.C29H28NS/c1-23-11-9-10-14-28(23)34-21-31(24(2)22-36(34)5)27-16-18-30-29-17-15-26(25-12-7-6-8-13-25)19-32(29)35(3,4)33(30)20-27;1-22(2)25-12-14-28-29-15-13-26(19-32(29)34(31(28)18-25)16-8-9-17-34)30-20-33(35(5)21-24(30)4)27-11-7-6-10-23(27)3;2*1-18(2)21-10-12-24-25-13-11-22(15-29(25)31-28(24)14-21)26-16-27(30(5)17-20(26)4)23-9-7-6-8-19(23)3/h9-11,14-22,25H,6-8,12-13H2,1-5H3;6-7,10-15,18-22H,8-9,16-17H2,1-5H3;2*6-18H,1-5H3/q4*+1. The number of rotatable bonds is 12. The molecule has 0 radical (unpaired) electrons. The highest BCUT2D eigenvalue weighted by atomic mass is 32.1. The molecule has 0 N–H and O–H groups in total. The molecule has 6 heteroatoms. The minimum Gasteiger partial charge on any atom is -0.456 e. The third-order valence-electron chi connectivity index (χ3n) is 30.4. The van der Waals surface area contributed by atoms with Crippen molar-refractivity contribution in [1.82, 2.24) is 0 Å². The van der Waals surface area contributed by atoms with Crippen molar-refractivity contribution in [3.63, 3.8) is 0 Å². The first-order valence-corrected chi connectivity index (χ1v) is 49.7. The fraction of sp³-hybridized carbons (Fsp3) is 0.276. The molecule has 4 aliphatic rings. The van der Waals surface area contributed by atoms with Gasteiger partial charge in [0.15, 0.2) is 24.8 Å². The summed E-state index contributed by atoms with van der Waals surface area (Å²) in [6.45, 7) is 36.0. The Morgan fingerprint density at radius 3 is 1.07 bits per heavy atom. The maximum Gasteiger partial charge on any atom is 0.213 e. The molecule has 666 valence electrons. The first kappa shape index (κ1) is 89.5. The molecular formula is C127H130N4OS+4. The van der Waals surface area contributed by atoms with E-state index in [9.17, 15) is 0 Å². The van der Waals surface area contributed by atoms with E-state index in [2.05, 4.69) is 449 Å². The van der Waals surface area contributed by atoms with Crippen molar-refractivity contribution < 1.29 is 22.7 Å². The van der Waals surface area contributed by atoms with Crippen LogP contribution in [-0.4, -0.2) is 0 Å². The van der Waals surface area contributed by atoms with E-state index in [1.54, 1.807) is 16.7 Å². The number of aromatic nitrogens is 4. The van der Waals surface area contributed by atoms with Crippen LogP contribution in [0.4, 0.5) is 0 Å². The lowest BCUT2D eigenvalue weighted by molar-refractivity contribution is -0.660. The van der Waals surface area contributed by atoms with Crippen LogP contribution in [0.3, 0.4) is 0 Å². The number of hydrogen-bond donors (Lipinski definition) is 0. The molecule has 2 fully saturated rings. The first-order valence-electron chi connectivity index (χ1n) is 48.9. The Balaban J connectivity index is 0.000000115. The molecular weight excluding hydrogens is 1630 g/mol. The third kappa shape index (κ3) is 16.8. The van der Waals surface area contributed by atoms with Gasteiger partial charge in [0.05, 0.1) is 0 Å². The fourth-order valence-electron chi connectivity index (χ4n) is 22.7. The predicted octanol–water partition coefficient (Wildman–Crippen LogP) is 32.7. The number of nitrogens with zero attached hydrogens (tertiary/aromatic N) is 4. The molecule has 5 nitrogen and oxygen atoms in total. The summed E-state index contributed by atoms with van der Waals surface area (Å²) < 4.78 is 18.0. The van der Waals surface area contributed by atoms with Crippen LogP contribution in [0.2, 0.25) is 0 Å². The molecule has 2 saturated carbocycles. The summed E-state index contributed by atoms with van der Waals surface area (Å²) in [4.78, 5) is 0. The van der Waals surface area contributed by atoms with Crippen molar-refractivity contribution >= 4 is 53.4 Å². The summed E-state index contributed by atoms with van der Waals surface area (Å²) in [5, 5.41) is 5.08. The Morgan fingerprint density at radius 2 is 0.617 bits per heavy atom. The average molecular weight is 1760 g/mol. The van der Waals surface area contributed by atoms with Crippen LogP contribution in [0.15, 0.2) is 296 Å². The van der Waals surface area contributed by atoms with Crippen molar-refractivity contribution in [1.29, 1.82) is 0 Å². The quantitative estimate of drug-likeness (QED) is 0.112. The zero-order valence-electron chi connectivity index (χ0n) is 82.0. The molecule has 0 saturated heterocycles. The molecule has 1 spiro atoms. The number of aryl methyl sites for hydroxylation is 12. The van der Waals surface area contributed by atoms with Gasteiger partial charge in [-0.15, -0.1) is 11.3 Å². The van der Waals surface area contributed by atoms with Crippen LogP contribution >= 0.6 is 11.3 Å². The Morgan fingerprint density at radius 1 is 0.286 bits per heavy atom. The van der Waals surface area contributed by atoms with E-state index in [-0.39, 0.29) is 10.8 Å². The summed E-state index contributed by atoms with van der Waals surface area (Å²) in [6.07, 6.45) is 21.1. The molecule has 0 amide bonds. The summed E-state index contributed by atoms with van der Waals surface area (Å²) in [5.74, 6) is 2.34. The maximum absolute atomic E-state index is 6.30. The minimum absolute atomic E-state index is 0.0115. The molecule has 0 bridgehead atoms. The number of pyridine rings is 4. The highest BCUT2D eigenvalue weighted by molar-refractivity contribution is 7.25. The van der Waals surface area contributed by atoms with Crippen molar-refractivity contribution in [3.8, 4) is 112 Å². The third-order valence-corrected chi connectivity index (χ3v) is 31.5. The smallest absolute Gasteiger partial charge is 0.213 e. The molecule has 18 aromatic rings. The van der Waals surface area contributed by atoms with Crippen LogP contribution in [0.1, 0.15) is 226 Å². The zero-order chi connectivity index (χ0) is 92.7. The molecule has 133 heavy (non-hydrogen) atoms. The van der Waals surface area contributed by atoms with Gasteiger partial charge in [-0.2, -0.15) is 0 Å². The molecule has 4 aliphatic carbocycles. The lowest BCUT2D eigenvalue weighted by atomic mass is 9.75. The SMILES string of the molecule is Cc1c[n+](C)c(-c2ccccc2C)cc1-c1ccc2c(c1)C(C)(C)c1cc(C3CCCCC3)ccc1-2.Cc1c[n+](C)c(-c2ccccc2C)cc1-c1ccc2c(c1)C1(CCCC1)c1cc(C(C)C)ccc1-2.Cc1c[n+](C)c(-c2ccccc2C)cc1-c1ccc2c(c1)oc1cc(C(C)C)ccc12.Cc1c[n+](C)c(-c2ccccc2C)cc1-c1ccc2c(c1)sc1cc(C(C)C)ccc12. The molecule has 0 unspecified atom stereocenters. The van der Waals surface area contributed by atoms with Crippen molar-refractivity contribution in [3.05, 3.63) is 381 Å². The van der Waals surface area contributed by atoms with E-state index >= 15 is 0 Å². The van der Waals surface area contributed by atoms with Gasteiger partial charge < -0.3 is 4.42 Å². The van der Waals surface area contributed by atoms with Crippen molar-refractivity contribution in [2.75, 3.05) is 0 Å².